The maximum Gasteiger partial charge on any atom is 0.251 e. The van der Waals surface area contributed by atoms with Gasteiger partial charge in [0.25, 0.3) is 5.91 Å². The monoisotopic (exact) mass is 388 g/mol. The Hall–Kier alpha value is -3.07. The number of ether oxygens (including phenoxy) is 2. The van der Waals surface area contributed by atoms with Gasteiger partial charge in [0.2, 0.25) is 5.91 Å². The van der Waals surface area contributed by atoms with Gasteiger partial charge in [0.05, 0.1) is 31.3 Å². The second-order valence-corrected chi connectivity index (χ2v) is 6.48. The van der Waals surface area contributed by atoms with Crippen molar-refractivity contribution >= 4 is 17.5 Å². The highest BCUT2D eigenvalue weighted by Crippen LogP contribution is 2.34. The largest absolute Gasteiger partial charge is 0.489 e. The van der Waals surface area contributed by atoms with Crippen LogP contribution in [-0.2, 0) is 16.1 Å². The van der Waals surface area contributed by atoms with Crippen molar-refractivity contribution in [2.24, 2.45) is 0 Å². The highest BCUT2D eigenvalue weighted by atomic mass is 16.5. The van der Waals surface area contributed by atoms with Crippen molar-refractivity contribution in [1.82, 2.24) is 15.8 Å². The third-order valence-electron chi connectivity index (χ3n) is 4.55. The van der Waals surface area contributed by atoms with Crippen LogP contribution < -0.4 is 20.3 Å². The van der Waals surface area contributed by atoms with Crippen LogP contribution in [0.15, 0.2) is 35.1 Å². The maximum absolute atomic E-state index is 12.3. The first-order valence-electron chi connectivity index (χ1n) is 9.01. The molecule has 1 aliphatic rings. The van der Waals surface area contributed by atoms with Crippen LogP contribution in [0.25, 0.3) is 0 Å². The molecule has 0 saturated heterocycles. The maximum atomic E-state index is 12.3. The number of carbonyl (C=O) groups is 2. The summed E-state index contributed by atoms with van der Waals surface area (Å²) in [4.78, 5) is 26.5. The van der Waals surface area contributed by atoms with Gasteiger partial charge < -0.3 is 29.5 Å². The van der Waals surface area contributed by atoms with E-state index in [4.69, 9.17) is 14.0 Å². The van der Waals surface area contributed by atoms with Gasteiger partial charge in [-0.15, -0.1) is 0 Å². The minimum absolute atomic E-state index is 0.111. The van der Waals surface area contributed by atoms with Crippen LogP contribution in [0.1, 0.15) is 22.5 Å². The Bertz CT molecular complexity index is 809. The molecule has 9 heteroatoms. The number of amides is 2. The summed E-state index contributed by atoms with van der Waals surface area (Å²) >= 11 is 0. The molecule has 3 rings (SSSR count). The van der Waals surface area contributed by atoms with Crippen LogP contribution in [0.3, 0.4) is 0 Å². The van der Waals surface area contributed by atoms with Crippen molar-refractivity contribution in [2.45, 2.75) is 19.0 Å². The number of anilines is 1. The molecule has 0 aliphatic carbocycles. The first-order valence-corrected chi connectivity index (χ1v) is 9.01. The number of nitrogens with one attached hydrogen (secondary N) is 2. The van der Waals surface area contributed by atoms with Crippen molar-refractivity contribution < 1.29 is 23.6 Å². The van der Waals surface area contributed by atoms with Gasteiger partial charge in [-0.05, 0) is 18.2 Å². The predicted molar refractivity (Wildman–Crippen MR) is 101 cm³/mol. The van der Waals surface area contributed by atoms with Crippen molar-refractivity contribution in [3.8, 4) is 5.75 Å². The van der Waals surface area contributed by atoms with Crippen LogP contribution in [0.4, 0.5) is 5.69 Å². The Morgan fingerprint density at radius 2 is 2.18 bits per heavy atom. The average molecular weight is 388 g/mol. The summed E-state index contributed by atoms with van der Waals surface area (Å²) in [5.41, 5.74) is 1.97. The molecule has 2 amide bonds. The highest BCUT2D eigenvalue weighted by Gasteiger charge is 2.27. The van der Waals surface area contributed by atoms with Gasteiger partial charge in [-0.25, -0.2) is 0 Å². The van der Waals surface area contributed by atoms with Gasteiger partial charge >= 0.3 is 0 Å². The standard InChI is InChI=1S/C19H24N4O5/c1-23-15(10-18(24)21-11-14-5-7-28-22-14)12-27-17-4-3-13(9-16(17)23)19(25)20-6-8-26-2/h3-5,7,9,15H,6,8,10-12H2,1-2H3,(H,20,25)(H,21,24). The van der Waals surface area contributed by atoms with E-state index in [0.717, 1.165) is 5.69 Å². The SMILES string of the molecule is COCCNC(=O)c1ccc2c(c1)N(C)C(CC(=O)NCc1ccon1)CO2. The number of carbonyl (C=O) groups excluding carboxylic acids is 2. The molecule has 0 spiro atoms. The van der Waals surface area contributed by atoms with E-state index in [1.54, 1.807) is 31.4 Å². The number of rotatable bonds is 8. The molecule has 0 fully saturated rings. The fourth-order valence-corrected chi connectivity index (χ4v) is 2.92. The normalized spacial score (nSPS) is 15.5. The Morgan fingerprint density at radius 1 is 1.32 bits per heavy atom. The molecule has 28 heavy (non-hydrogen) atoms. The topological polar surface area (TPSA) is 106 Å². The van der Waals surface area contributed by atoms with E-state index in [1.807, 2.05) is 11.9 Å². The number of hydrogen-bond donors (Lipinski definition) is 2. The lowest BCUT2D eigenvalue weighted by Crippen LogP contribution is -2.43. The summed E-state index contributed by atoms with van der Waals surface area (Å²) in [5, 5.41) is 9.37. The first-order chi connectivity index (χ1) is 13.6. The molecule has 0 bridgehead atoms. The molecule has 1 atom stereocenters. The molecule has 2 heterocycles. The molecule has 0 radical (unpaired) electrons. The third-order valence-corrected chi connectivity index (χ3v) is 4.55. The summed E-state index contributed by atoms with van der Waals surface area (Å²) in [5.74, 6) is 0.399. The van der Waals surface area contributed by atoms with Gasteiger partial charge in [-0.3, -0.25) is 9.59 Å². The Balaban J connectivity index is 1.60. The van der Waals surface area contributed by atoms with E-state index in [2.05, 4.69) is 15.8 Å². The van der Waals surface area contributed by atoms with E-state index in [-0.39, 0.29) is 24.3 Å². The minimum atomic E-state index is -0.180. The minimum Gasteiger partial charge on any atom is -0.489 e. The Morgan fingerprint density at radius 3 is 2.93 bits per heavy atom. The zero-order valence-electron chi connectivity index (χ0n) is 15.9. The molecule has 0 saturated carbocycles. The van der Waals surface area contributed by atoms with Crippen molar-refractivity contribution in [1.29, 1.82) is 0 Å². The lowest BCUT2D eigenvalue weighted by Gasteiger charge is -2.35. The zero-order chi connectivity index (χ0) is 19.9. The van der Waals surface area contributed by atoms with Crippen LogP contribution >= 0.6 is 0 Å². The van der Waals surface area contributed by atoms with Gasteiger partial charge in [0.15, 0.2) is 0 Å². The van der Waals surface area contributed by atoms with Gasteiger partial charge in [-0.1, -0.05) is 5.16 Å². The smallest absolute Gasteiger partial charge is 0.251 e. The summed E-state index contributed by atoms with van der Waals surface area (Å²) in [6, 6.07) is 6.83. The molecule has 1 aromatic carbocycles. The molecular weight excluding hydrogens is 364 g/mol. The van der Waals surface area contributed by atoms with Crippen molar-refractivity contribution in [2.75, 3.05) is 38.8 Å². The molecular formula is C19H24N4O5. The van der Waals surface area contributed by atoms with Crippen LogP contribution in [-0.4, -0.2) is 56.9 Å². The van der Waals surface area contributed by atoms with E-state index in [1.165, 1.54) is 6.26 Å². The second kappa shape index (κ2) is 9.23. The fraction of sp³-hybridized carbons (Fsp3) is 0.421. The van der Waals surface area contributed by atoms with E-state index in [0.29, 0.717) is 43.3 Å². The number of methoxy groups -OCH3 is 1. The van der Waals surface area contributed by atoms with Crippen molar-refractivity contribution in [3.63, 3.8) is 0 Å². The number of aromatic nitrogens is 1. The lowest BCUT2D eigenvalue weighted by molar-refractivity contribution is -0.121. The second-order valence-electron chi connectivity index (χ2n) is 6.48. The van der Waals surface area contributed by atoms with Crippen LogP contribution in [0, 0.1) is 0 Å². The number of likely N-dealkylation sites (N-methyl/N-ethyl adjacent to an activating group) is 1. The van der Waals surface area contributed by atoms with Gasteiger partial charge in [-0.2, -0.15) is 0 Å². The molecule has 2 aromatic rings. The van der Waals surface area contributed by atoms with Crippen molar-refractivity contribution in [3.05, 3.63) is 41.8 Å². The molecule has 2 N–H and O–H groups in total. The number of benzene rings is 1. The predicted octanol–water partition coefficient (Wildman–Crippen LogP) is 0.954. The fourth-order valence-electron chi connectivity index (χ4n) is 2.92. The van der Waals surface area contributed by atoms with Crippen LogP contribution in [0.5, 0.6) is 5.75 Å². The quantitative estimate of drug-likeness (QED) is 0.649. The first kappa shape index (κ1) is 19.7. The highest BCUT2D eigenvalue weighted by molar-refractivity contribution is 5.95. The number of hydrogen-bond acceptors (Lipinski definition) is 7. The summed E-state index contributed by atoms with van der Waals surface area (Å²) < 4.78 is 15.5. The molecule has 1 unspecified atom stereocenters. The summed E-state index contributed by atoms with van der Waals surface area (Å²) in [7, 11) is 3.48. The number of nitrogens with zero attached hydrogens (tertiary/aromatic N) is 2. The Labute approximate surface area is 163 Å². The molecule has 9 nitrogen and oxygen atoms in total. The molecule has 1 aromatic heterocycles. The summed E-state index contributed by atoms with van der Waals surface area (Å²) in [6.07, 6.45) is 1.72. The van der Waals surface area contributed by atoms with E-state index >= 15 is 0 Å². The Kier molecular flexibility index (Phi) is 6.49. The number of fused-ring (bicyclic) bond motifs is 1. The molecule has 1 aliphatic heterocycles. The van der Waals surface area contributed by atoms with Gasteiger partial charge in [0, 0.05) is 32.3 Å². The van der Waals surface area contributed by atoms with E-state index < -0.39 is 0 Å². The van der Waals surface area contributed by atoms with E-state index in [9.17, 15) is 9.59 Å². The average Bonchev–Trinajstić information content (AvgIpc) is 3.22. The lowest BCUT2D eigenvalue weighted by atomic mass is 10.1. The van der Waals surface area contributed by atoms with Gasteiger partial charge in [0.1, 0.15) is 24.3 Å². The zero-order valence-corrected chi connectivity index (χ0v) is 15.9. The summed E-state index contributed by atoms with van der Waals surface area (Å²) in [6.45, 7) is 1.59. The third kappa shape index (κ3) is 4.80. The molecule has 150 valence electrons. The van der Waals surface area contributed by atoms with Crippen LogP contribution in [0.2, 0.25) is 0 Å².